The smallest absolute Gasteiger partial charge is 0.129 e. The summed E-state index contributed by atoms with van der Waals surface area (Å²) in [6.07, 6.45) is 0.762. The van der Waals surface area contributed by atoms with E-state index in [1.807, 2.05) is 47.7 Å². The Kier molecular flexibility index (Phi) is 3.93. The van der Waals surface area contributed by atoms with Crippen molar-refractivity contribution in [3.05, 3.63) is 52.1 Å². The van der Waals surface area contributed by atoms with Gasteiger partial charge in [0.2, 0.25) is 0 Å². The Labute approximate surface area is 125 Å². The van der Waals surface area contributed by atoms with Crippen molar-refractivity contribution < 1.29 is 9.50 Å². The minimum absolute atomic E-state index is 0.216. The molecule has 114 valence electrons. The first-order chi connectivity index (χ1) is 9.61. The molecule has 1 N–H and O–H groups in total. The van der Waals surface area contributed by atoms with Crippen LogP contribution in [0.3, 0.4) is 0 Å². The second-order valence-corrected chi connectivity index (χ2v) is 6.74. The minimum Gasteiger partial charge on any atom is -0.383 e. The van der Waals surface area contributed by atoms with E-state index in [1.165, 1.54) is 6.07 Å². The summed E-state index contributed by atoms with van der Waals surface area (Å²) in [5, 5.41) is 15.1. The van der Waals surface area contributed by atoms with E-state index in [-0.39, 0.29) is 11.2 Å². The van der Waals surface area contributed by atoms with Crippen LogP contribution in [0.15, 0.2) is 18.3 Å². The molecule has 0 radical (unpaired) electrons. The van der Waals surface area contributed by atoms with Crippen molar-refractivity contribution in [2.45, 2.75) is 46.1 Å². The van der Waals surface area contributed by atoms with Gasteiger partial charge in [0.15, 0.2) is 0 Å². The van der Waals surface area contributed by atoms with Gasteiger partial charge in [-0.15, -0.1) is 0 Å². The molecular formula is C17H23FN2O. The van der Waals surface area contributed by atoms with Crippen molar-refractivity contribution >= 4 is 0 Å². The highest BCUT2D eigenvalue weighted by Crippen LogP contribution is 2.34. The second-order valence-electron chi connectivity index (χ2n) is 6.74. The van der Waals surface area contributed by atoms with E-state index in [2.05, 4.69) is 5.10 Å². The predicted molar refractivity (Wildman–Crippen MR) is 81.8 cm³/mol. The molecule has 0 bridgehead atoms. The van der Waals surface area contributed by atoms with Crippen molar-refractivity contribution in [1.29, 1.82) is 0 Å². The number of hydrogen-bond donors (Lipinski definition) is 1. The molecule has 1 unspecified atom stereocenters. The van der Waals surface area contributed by atoms with Crippen LogP contribution in [0.4, 0.5) is 4.39 Å². The highest BCUT2D eigenvalue weighted by molar-refractivity contribution is 5.40. The Morgan fingerprint density at radius 1 is 1.24 bits per heavy atom. The average Bonchev–Trinajstić information content (AvgIpc) is 2.69. The standard InChI is InChI=1S/C17H23FN2O/c1-10-7-11(2)14(13(18)8-10)15(21)12-9-20(6)19-16(12)17(3,4)5/h7-9,15,21H,1-6H3. The van der Waals surface area contributed by atoms with Crippen LogP contribution >= 0.6 is 0 Å². The lowest BCUT2D eigenvalue weighted by atomic mass is 9.86. The van der Waals surface area contributed by atoms with Crippen LogP contribution in [0.1, 0.15) is 54.8 Å². The highest BCUT2D eigenvalue weighted by atomic mass is 19.1. The maximum atomic E-state index is 14.3. The van der Waals surface area contributed by atoms with Crippen LogP contribution < -0.4 is 0 Å². The predicted octanol–water partition coefficient (Wildman–Crippen LogP) is 3.56. The summed E-state index contributed by atoms with van der Waals surface area (Å²) in [6, 6.07) is 3.34. The number of aliphatic hydroxyl groups excluding tert-OH is 1. The van der Waals surface area contributed by atoms with Crippen molar-refractivity contribution in [2.24, 2.45) is 7.05 Å². The molecule has 0 saturated carbocycles. The molecule has 1 atom stereocenters. The molecule has 4 heteroatoms. The molecule has 3 nitrogen and oxygen atoms in total. The number of rotatable bonds is 2. The monoisotopic (exact) mass is 290 g/mol. The molecule has 0 aliphatic carbocycles. The van der Waals surface area contributed by atoms with Gasteiger partial charge in [0, 0.05) is 29.8 Å². The number of benzene rings is 1. The highest BCUT2D eigenvalue weighted by Gasteiger charge is 2.28. The van der Waals surface area contributed by atoms with Crippen LogP contribution in [0.25, 0.3) is 0 Å². The van der Waals surface area contributed by atoms with Crippen molar-refractivity contribution in [2.75, 3.05) is 0 Å². The van der Waals surface area contributed by atoms with Gasteiger partial charge < -0.3 is 5.11 Å². The molecule has 0 aliphatic heterocycles. The lowest BCUT2D eigenvalue weighted by molar-refractivity contribution is 0.211. The first-order valence-electron chi connectivity index (χ1n) is 7.10. The van der Waals surface area contributed by atoms with Gasteiger partial charge in [-0.2, -0.15) is 5.10 Å². The number of aryl methyl sites for hydroxylation is 3. The first-order valence-corrected chi connectivity index (χ1v) is 7.10. The van der Waals surface area contributed by atoms with E-state index < -0.39 is 6.10 Å². The molecule has 0 fully saturated rings. The largest absolute Gasteiger partial charge is 0.383 e. The summed E-state index contributed by atoms with van der Waals surface area (Å²) in [6.45, 7) is 9.76. The molecule has 2 rings (SSSR count). The van der Waals surface area contributed by atoms with E-state index in [1.54, 1.807) is 10.9 Å². The molecule has 1 aromatic carbocycles. The summed E-state index contributed by atoms with van der Waals surface area (Å²) < 4.78 is 16.0. The van der Waals surface area contributed by atoms with E-state index in [0.717, 1.165) is 16.8 Å². The molecule has 2 aromatic rings. The van der Waals surface area contributed by atoms with Gasteiger partial charge in [-0.1, -0.05) is 26.8 Å². The molecule has 0 aliphatic rings. The zero-order chi connectivity index (χ0) is 15.9. The Morgan fingerprint density at radius 3 is 2.38 bits per heavy atom. The number of aliphatic hydroxyl groups is 1. The third kappa shape index (κ3) is 3.00. The first kappa shape index (κ1) is 15.7. The molecule has 1 heterocycles. The molecule has 1 aromatic heterocycles. The van der Waals surface area contributed by atoms with Crippen LogP contribution in [0.2, 0.25) is 0 Å². The van der Waals surface area contributed by atoms with Gasteiger partial charge >= 0.3 is 0 Å². The van der Waals surface area contributed by atoms with E-state index >= 15 is 0 Å². The number of halogens is 1. The molecule has 0 spiro atoms. The lowest BCUT2D eigenvalue weighted by Crippen LogP contribution is -2.17. The average molecular weight is 290 g/mol. The summed E-state index contributed by atoms with van der Waals surface area (Å²) >= 11 is 0. The van der Waals surface area contributed by atoms with Gasteiger partial charge in [-0.05, 0) is 31.0 Å². The fourth-order valence-corrected chi connectivity index (χ4v) is 2.72. The zero-order valence-electron chi connectivity index (χ0n) is 13.5. The van der Waals surface area contributed by atoms with Gasteiger partial charge in [-0.25, -0.2) is 4.39 Å². The number of aromatic nitrogens is 2. The van der Waals surface area contributed by atoms with Crippen LogP contribution in [0.5, 0.6) is 0 Å². The van der Waals surface area contributed by atoms with Gasteiger partial charge in [0.05, 0.1) is 5.69 Å². The van der Waals surface area contributed by atoms with Crippen LogP contribution in [-0.4, -0.2) is 14.9 Å². The number of hydrogen-bond acceptors (Lipinski definition) is 2. The van der Waals surface area contributed by atoms with E-state index in [0.29, 0.717) is 11.1 Å². The lowest BCUT2D eigenvalue weighted by Gasteiger charge is -2.21. The summed E-state index contributed by atoms with van der Waals surface area (Å²) in [7, 11) is 1.81. The van der Waals surface area contributed by atoms with Crippen molar-refractivity contribution in [3.63, 3.8) is 0 Å². The Hall–Kier alpha value is -1.68. The SMILES string of the molecule is Cc1cc(C)c(C(O)c2cn(C)nc2C(C)(C)C)c(F)c1. The normalized spacial score (nSPS) is 13.5. The van der Waals surface area contributed by atoms with Crippen molar-refractivity contribution in [1.82, 2.24) is 9.78 Å². The summed E-state index contributed by atoms with van der Waals surface area (Å²) in [4.78, 5) is 0. The summed E-state index contributed by atoms with van der Waals surface area (Å²) in [5.41, 5.74) is 3.17. The second kappa shape index (κ2) is 5.26. The van der Waals surface area contributed by atoms with E-state index in [9.17, 15) is 9.50 Å². The topological polar surface area (TPSA) is 38.0 Å². The fraction of sp³-hybridized carbons (Fsp3) is 0.471. The van der Waals surface area contributed by atoms with Gasteiger partial charge in [0.1, 0.15) is 11.9 Å². The van der Waals surface area contributed by atoms with Crippen LogP contribution in [0, 0.1) is 19.7 Å². The molecule has 0 amide bonds. The molecule has 21 heavy (non-hydrogen) atoms. The summed E-state index contributed by atoms with van der Waals surface area (Å²) in [5.74, 6) is -0.372. The van der Waals surface area contributed by atoms with Crippen LogP contribution in [-0.2, 0) is 12.5 Å². The van der Waals surface area contributed by atoms with Crippen molar-refractivity contribution in [3.8, 4) is 0 Å². The quantitative estimate of drug-likeness (QED) is 0.918. The Bertz CT molecular complexity index is 645. The number of nitrogens with zero attached hydrogens (tertiary/aromatic N) is 2. The Morgan fingerprint density at radius 2 is 1.86 bits per heavy atom. The molecule has 0 saturated heterocycles. The van der Waals surface area contributed by atoms with Gasteiger partial charge in [0.25, 0.3) is 0 Å². The minimum atomic E-state index is -1.01. The Balaban J connectivity index is 2.59. The third-order valence-corrected chi connectivity index (χ3v) is 3.62. The zero-order valence-corrected chi connectivity index (χ0v) is 13.5. The molecular weight excluding hydrogens is 267 g/mol. The van der Waals surface area contributed by atoms with Gasteiger partial charge in [-0.3, -0.25) is 4.68 Å². The van der Waals surface area contributed by atoms with E-state index in [4.69, 9.17) is 0 Å². The fourth-order valence-electron chi connectivity index (χ4n) is 2.72. The maximum Gasteiger partial charge on any atom is 0.129 e. The maximum absolute atomic E-state index is 14.3. The third-order valence-electron chi connectivity index (χ3n) is 3.62.